The quantitative estimate of drug-likeness (QED) is 0.674. The number of hydrogen-bond acceptors (Lipinski definition) is 2. The Labute approximate surface area is 73.0 Å². The minimum Gasteiger partial charge on any atom is -0.384 e. The van der Waals surface area contributed by atoms with Crippen molar-refractivity contribution in [1.82, 2.24) is 4.98 Å². The van der Waals surface area contributed by atoms with Crippen molar-refractivity contribution in [3.8, 4) is 0 Å². The van der Waals surface area contributed by atoms with Gasteiger partial charge in [0, 0.05) is 11.5 Å². The van der Waals surface area contributed by atoms with Gasteiger partial charge < -0.3 is 5.73 Å². The predicted molar refractivity (Wildman–Crippen MR) is 46.1 cm³/mol. The predicted octanol–water partition coefficient (Wildman–Crippen LogP) is 2.10. The Morgan fingerprint density at radius 2 is 1.77 bits per heavy atom. The monoisotopic (exact) mass is 180 g/mol. The average Bonchev–Trinajstić information content (AvgIpc) is 2.08. The van der Waals surface area contributed by atoms with Crippen molar-refractivity contribution in [1.29, 1.82) is 0 Å². The van der Waals surface area contributed by atoms with Crippen molar-refractivity contribution in [3.63, 3.8) is 0 Å². The molecule has 0 fully saturated rings. The molecule has 0 saturated heterocycles. The molecule has 0 unspecified atom stereocenters. The number of anilines is 1. The molecule has 0 bridgehead atoms. The zero-order chi connectivity index (χ0) is 9.42. The van der Waals surface area contributed by atoms with Gasteiger partial charge in [0.15, 0.2) is 11.6 Å². The van der Waals surface area contributed by atoms with E-state index in [1.54, 1.807) is 12.1 Å². The van der Waals surface area contributed by atoms with E-state index in [1.165, 1.54) is 0 Å². The van der Waals surface area contributed by atoms with E-state index in [9.17, 15) is 8.78 Å². The molecule has 13 heavy (non-hydrogen) atoms. The normalized spacial score (nSPS) is 10.6. The Balaban J connectivity index is 2.81. The van der Waals surface area contributed by atoms with Gasteiger partial charge in [-0.15, -0.1) is 0 Å². The van der Waals surface area contributed by atoms with E-state index in [-0.39, 0.29) is 0 Å². The van der Waals surface area contributed by atoms with Crippen LogP contribution in [0.3, 0.4) is 0 Å². The number of rotatable bonds is 0. The molecule has 0 amide bonds. The molecule has 1 aromatic heterocycles. The number of benzene rings is 1. The Kier molecular flexibility index (Phi) is 1.62. The minimum atomic E-state index is -0.911. The first-order valence-electron chi connectivity index (χ1n) is 3.68. The lowest BCUT2D eigenvalue weighted by atomic mass is 10.2. The fourth-order valence-corrected chi connectivity index (χ4v) is 1.13. The van der Waals surface area contributed by atoms with Crippen LogP contribution in [0.1, 0.15) is 0 Å². The first-order chi connectivity index (χ1) is 6.16. The molecule has 4 heteroatoms. The topological polar surface area (TPSA) is 38.9 Å². The maximum atomic E-state index is 12.7. The molecule has 0 aliphatic heterocycles. The van der Waals surface area contributed by atoms with Crippen LogP contribution in [0.25, 0.3) is 10.9 Å². The number of nitrogens with two attached hydrogens (primary N) is 1. The third kappa shape index (κ3) is 1.30. The maximum absolute atomic E-state index is 12.7. The molecule has 0 aliphatic carbocycles. The van der Waals surface area contributed by atoms with Crippen LogP contribution in [0.5, 0.6) is 0 Å². The van der Waals surface area contributed by atoms with Crippen molar-refractivity contribution < 1.29 is 8.78 Å². The highest BCUT2D eigenvalue weighted by Crippen LogP contribution is 2.17. The van der Waals surface area contributed by atoms with Crippen LogP contribution in [0.2, 0.25) is 0 Å². The number of fused-ring (bicyclic) bond motifs is 1. The molecule has 66 valence electrons. The number of aromatic nitrogens is 1. The third-order valence-electron chi connectivity index (χ3n) is 1.75. The summed E-state index contributed by atoms with van der Waals surface area (Å²) in [5, 5.41) is 0.535. The molecule has 2 aromatic rings. The van der Waals surface area contributed by atoms with Crippen LogP contribution in [-0.2, 0) is 0 Å². The molecule has 2 rings (SSSR count). The third-order valence-corrected chi connectivity index (χ3v) is 1.75. The first-order valence-corrected chi connectivity index (χ1v) is 3.68. The summed E-state index contributed by atoms with van der Waals surface area (Å²) in [5.41, 5.74) is 5.74. The van der Waals surface area contributed by atoms with Gasteiger partial charge >= 0.3 is 0 Å². The van der Waals surface area contributed by atoms with Gasteiger partial charge in [0.2, 0.25) is 0 Å². The first kappa shape index (κ1) is 7.91. The Morgan fingerprint density at radius 1 is 1.08 bits per heavy atom. The second-order valence-corrected chi connectivity index (χ2v) is 2.70. The van der Waals surface area contributed by atoms with Crippen LogP contribution < -0.4 is 5.73 Å². The Morgan fingerprint density at radius 3 is 2.54 bits per heavy atom. The van der Waals surface area contributed by atoms with Crippen molar-refractivity contribution in [2.24, 2.45) is 0 Å². The number of nitrogens with zero attached hydrogens (tertiary/aromatic N) is 1. The highest BCUT2D eigenvalue weighted by molar-refractivity contribution is 5.80. The zero-order valence-corrected chi connectivity index (χ0v) is 6.59. The van der Waals surface area contributed by atoms with Gasteiger partial charge in [0.05, 0.1) is 5.52 Å². The molecule has 0 aliphatic rings. The Bertz CT molecular complexity index is 468. The smallest absolute Gasteiger partial charge is 0.161 e. The fraction of sp³-hybridized carbons (Fsp3) is 0. The Hall–Kier alpha value is -1.71. The van der Waals surface area contributed by atoms with Crippen molar-refractivity contribution in [2.75, 3.05) is 5.73 Å². The van der Waals surface area contributed by atoms with Gasteiger partial charge in [0.25, 0.3) is 0 Å². The van der Waals surface area contributed by atoms with Crippen molar-refractivity contribution in [2.45, 2.75) is 0 Å². The standard InChI is InChI=1S/C9H6F2N2/c10-6-3-5-1-2-9(12)13-8(5)4-7(6)11/h1-4H,(H2,12,13). The van der Waals surface area contributed by atoms with Crippen LogP contribution in [0.4, 0.5) is 14.6 Å². The van der Waals surface area contributed by atoms with Gasteiger partial charge in [0.1, 0.15) is 5.82 Å². The van der Waals surface area contributed by atoms with Gasteiger partial charge in [-0.3, -0.25) is 0 Å². The summed E-state index contributed by atoms with van der Waals surface area (Å²) in [6, 6.07) is 5.26. The van der Waals surface area contributed by atoms with Crippen LogP contribution >= 0.6 is 0 Å². The van der Waals surface area contributed by atoms with E-state index in [0.717, 1.165) is 12.1 Å². The van der Waals surface area contributed by atoms with Gasteiger partial charge in [-0.05, 0) is 18.2 Å². The molecule has 0 saturated carbocycles. The second-order valence-electron chi connectivity index (χ2n) is 2.70. The summed E-state index contributed by atoms with van der Waals surface area (Å²) in [6.45, 7) is 0. The highest BCUT2D eigenvalue weighted by Gasteiger charge is 2.04. The van der Waals surface area contributed by atoms with Gasteiger partial charge in [-0.25, -0.2) is 13.8 Å². The zero-order valence-electron chi connectivity index (χ0n) is 6.59. The summed E-state index contributed by atoms with van der Waals surface area (Å²) in [5.74, 6) is -1.50. The number of pyridine rings is 1. The van der Waals surface area contributed by atoms with E-state index in [1.807, 2.05) is 0 Å². The van der Waals surface area contributed by atoms with E-state index in [2.05, 4.69) is 4.98 Å². The maximum Gasteiger partial charge on any atom is 0.161 e. The van der Waals surface area contributed by atoms with Crippen molar-refractivity contribution >= 4 is 16.7 Å². The lowest BCUT2D eigenvalue weighted by Gasteiger charge is -1.99. The van der Waals surface area contributed by atoms with Gasteiger partial charge in [-0.1, -0.05) is 0 Å². The SMILES string of the molecule is Nc1ccc2cc(F)c(F)cc2n1. The molecule has 2 nitrogen and oxygen atoms in total. The summed E-state index contributed by atoms with van der Waals surface area (Å²) in [7, 11) is 0. The second kappa shape index (κ2) is 2.65. The van der Waals surface area contributed by atoms with E-state index in [0.29, 0.717) is 16.7 Å². The molecule has 1 heterocycles. The average molecular weight is 180 g/mol. The molecule has 1 aromatic carbocycles. The summed E-state index contributed by atoms with van der Waals surface area (Å²) >= 11 is 0. The largest absolute Gasteiger partial charge is 0.384 e. The number of hydrogen-bond donors (Lipinski definition) is 1. The molecule has 2 N–H and O–H groups in total. The lowest BCUT2D eigenvalue weighted by Crippen LogP contribution is -1.91. The van der Waals surface area contributed by atoms with Gasteiger partial charge in [-0.2, -0.15) is 0 Å². The minimum absolute atomic E-state index is 0.290. The van der Waals surface area contributed by atoms with Crippen molar-refractivity contribution in [3.05, 3.63) is 35.9 Å². The van der Waals surface area contributed by atoms with Crippen LogP contribution in [0, 0.1) is 11.6 Å². The van der Waals surface area contributed by atoms with E-state index < -0.39 is 11.6 Å². The summed E-state index contributed by atoms with van der Waals surface area (Å²) < 4.78 is 25.4. The summed E-state index contributed by atoms with van der Waals surface area (Å²) in [6.07, 6.45) is 0. The molecule has 0 atom stereocenters. The number of nitrogen functional groups attached to an aromatic ring is 1. The fourth-order valence-electron chi connectivity index (χ4n) is 1.13. The molecule has 0 radical (unpaired) electrons. The lowest BCUT2D eigenvalue weighted by molar-refractivity contribution is 0.510. The molecule has 0 spiro atoms. The summed E-state index contributed by atoms with van der Waals surface area (Å²) in [4.78, 5) is 3.85. The molecular weight excluding hydrogens is 174 g/mol. The highest BCUT2D eigenvalue weighted by atomic mass is 19.2. The van der Waals surface area contributed by atoms with E-state index in [4.69, 9.17) is 5.73 Å². The number of halogens is 2. The van der Waals surface area contributed by atoms with Crippen LogP contribution in [0.15, 0.2) is 24.3 Å². The van der Waals surface area contributed by atoms with E-state index >= 15 is 0 Å². The van der Waals surface area contributed by atoms with Crippen LogP contribution in [-0.4, -0.2) is 4.98 Å². The molecular formula is C9H6F2N2.